The average Bonchev–Trinajstić information content (AvgIpc) is 2.61. The van der Waals surface area contributed by atoms with Crippen molar-refractivity contribution in [3.63, 3.8) is 0 Å². The van der Waals surface area contributed by atoms with E-state index in [1.807, 2.05) is 13.8 Å². The zero-order valence-electron chi connectivity index (χ0n) is 16.4. The van der Waals surface area contributed by atoms with Crippen molar-refractivity contribution in [1.29, 1.82) is 0 Å². The van der Waals surface area contributed by atoms with Gasteiger partial charge in [0.2, 0.25) is 0 Å². The molecule has 2 rings (SSSR count). The predicted molar refractivity (Wildman–Crippen MR) is 97.7 cm³/mol. The van der Waals surface area contributed by atoms with Crippen molar-refractivity contribution < 1.29 is 39.6 Å². The predicted octanol–water partition coefficient (Wildman–Crippen LogP) is 2.95. The average molecular weight is 398 g/mol. The van der Waals surface area contributed by atoms with Crippen LogP contribution in [0.5, 0.6) is 0 Å². The van der Waals surface area contributed by atoms with Gasteiger partial charge in [-0.2, -0.15) is 0 Å². The third-order valence-corrected chi connectivity index (χ3v) is 7.30. The third kappa shape index (κ3) is 2.97. The summed E-state index contributed by atoms with van der Waals surface area (Å²) in [5.74, 6) is -8.59. The fraction of sp³-hybridized carbons (Fsp3) is 0.800. The Kier molecular flexibility index (Phi) is 6.41. The molecule has 0 aromatic rings. The van der Waals surface area contributed by atoms with Crippen LogP contribution in [0.1, 0.15) is 65.2 Å². The SMILES string of the molecule is CCCCC1(C(=O)O)C2CC(C(=O)O)C(C(=O)O)CC2C1(CCCC)C(=O)O. The van der Waals surface area contributed by atoms with Gasteiger partial charge in [-0.25, -0.2) is 0 Å². The molecule has 0 aromatic carbocycles. The van der Waals surface area contributed by atoms with Gasteiger partial charge in [-0.1, -0.05) is 39.5 Å². The molecule has 0 aromatic heterocycles. The Balaban J connectivity index is 2.60. The lowest BCUT2D eigenvalue weighted by Crippen LogP contribution is -2.74. The Hall–Kier alpha value is -2.12. The Labute approximate surface area is 163 Å². The van der Waals surface area contributed by atoms with Gasteiger partial charge in [0, 0.05) is 0 Å². The van der Waals surface area contributed by atoms with Crippen molar-refractivity contribution in [3.05, 3.63) is 0 Å². The molecule has 0 radical (unpaired) electrons. The van der Waals surface area contributed by atoms with Gasteiger partial charge in [0.05, 0.1) is 22.7 Å². The molecule has 8 nitrogen and oxygen atoms in total. The molecule has 6 unspecified atom stereocenters. The molecular weight excluding hydrogens is 368 g/mol. The quantitative estimate of drug-likeness (QED) is 0.439. The number of rotatable bonds is 10. The molecule has 2 fully saturated rings. The van der Waals surface area contributed by atoms with Gasteiger partial charge in [-0.05, 0) is 37.5 Å². The van der Waals surface area contributed by atoms with Crippen LogP contribution in [-0.4, -0.2) is 44.3 Å². The minimum absolute atomic E-state index is 0.103. The number of carbonyl (C=O) groups is 4. The van der Waals surface area contributed by atoms with Crippen LogP contribution in [0.2, 0.25) is 0 Å². The third-order valence-electron chi connectivity index (χ3n) is 7.30. The van der Waals surface area contributed by atoms with Crippen LogP contribution >= 0.6 is 0 Å². The lowest BCUT2D eigenvalue weighted by molar-refractivity contribution is -0.256. The van der Waals surface area contributed by atoms with Crippen molar-refractivity contribution in [2.75, 3.05) is 0 Å². The molecule has 4 N–H and O–H groups in total. The lowest BCUT2D eigenvalue weighted by atomic mass is 9.32. The highest BCUT2D eigenvalue weighted by Gasteiger charge is 2.79. The van der Waals surface area contributed by atoms with E-state index in [2.05, 4.69) is 0 Å². The Bertz CT molecular complexity index is 603. The van der Waals surface area contributed by atoms with E-state index >= 15 is 0 Å². The van der Waals surface area contributed by atoms with E-state index in [0.29, 0.717) is 25.7 Å². The molecule has 28 heavy (non-hydrogen) atoms. The Morgan fingerprint density at radius 3 is 1.25 bits per heavy atom. The minimum Gasteiger partial charge on any atom is -0.481 e. The second kappa shape index (κ2) is 8.09. The van der Waals surface area contributed by atoms with Crippen LogP contribution in [0.4, 0.5) is 0 Å². The lowest BCUT2D eigenvalue weighted by Gasteiger charge is -2.68. The van der Waals surface area contributed by atoms with E-state index in [4.69, 9.17) is 0 Å². The normalized spacial score (nSPS) is 36.8. The molecule has 2 aliphatic carbocycles. The molecule has 0 saturated heterocycles. The minimum atomic E-state index is -1.55. The maximum Gasteiger partial charge on any atom is 0.311 e. The van der Waals surface area contributed by atoms with Crippen LogP contribution in [0.15, 0.2) is 0 Å². The molecule has 6 atom stereocenters. The van der Waals surface area contributed by atoms with Gasteiger partial charge < -0.3 is 20.4 Å². The van der Waals surface area contributed by atoms with Gasteiger partial charge in [0.25, 0.3) is 0 Å². The molecule has 0 bridgehead atoms. The molecule has 0 amide bonds. The van der Waals surface area contributed by atoms with Gasteiger partial charge in [-0.3, -0.25) is 19.2 Å². The number of carboxylic acid groups (broad SMARTS) is 4. The van der Waals surface area contributed by atoms with Gasteiger partial charge >= 0.3 is 23.9 Å². The summed E-state index contributed by atoms with van der Waals surface area (Å²) in [6, 6.07) is 0. The van der Waals surface area contributed by atoms with Crippen LogP contribution in [0, 0.1) is 34.5 Å². The summed E-state index contributed by atoms with van der Waals surface area (Å²) in [5, 5.41) is 39.5. The summed E-state index contributed by atoms with van der Waals surface area (Å²) in [5.41, 5.74) is -3.10. The van der Waals surface area contributed by atoms with E-state index in [1.165, 1.54) is 0 Å². The monoisotopic (exact) mass is 398 g/mol. The molecule has 2 aliphatic rings. The second-order valence-electron chi connectivity index (χ2n) is 8.33. The molecule has 0 heterocycles. The van der Waals surface area contributed by atoms with Crippen molar-refractivity contribution in [2.24, 2.45) is 34.5 Å². The van der Waals surface area contributed by atoms with Crippen molar-refractivity contribution in [2.45, 2.75) is 65.2 Å². The summed E-state index contributed by atoms with van der Waals surface area (Å²) in [7, 11) is 0. The summed E-state index contributed by atoms with van der Waals surface area (Å²) >= 11 is 0. The molecule has 8 heteroatoms. The van der Waals surface area contributed by atoms with Crippen LogP contribution in [0.3, 0.4) is 0 Å². The zero-order valence-corrected chi connectivity index (χ0v) is 16.4. The summed E-state index contributed by atoms with van der Waals surface area (Å²) in [6.07, 6.45) is 2.56. The number of fused-ring (bicyclic) bond motifs is 1. The van der Waals surface area contributed by atoms with E-state index in [9.17, 15) is 39.6 Å². The van der Waals surface area contributed by atoms with Gasteiger partial charge in [-0.15, -0.1) is 0 Å². The van der Waals surface area contributed by atoms with Crippen molar-refractivity contribution in [3.8, 4) is 0 Å². The van der Waals surface area contributed by atoms with Crippen LogP contribution in [0.25, 0.3) is 0 Å². The highest BCUT2D eigenvalue weighted by Crippen LogP contribution is 2.74. The Morgan fingerprint density at radius 2 is 1.04 bits per heavy atom. The first-order valence-electron chi connectivity index (χ1n) is 10.0. The first kappa shape index (κ1) is 22.2. The number of hydrogen-bond donors (Lipinski definition) is 4. The summed E-state index contributed by atoms with van der Waals surface area (Å²) < 4.78 is 0. The van der Waals surface area contributed by atoms with E-state index in [1.54, 1.807) is 0 Å². The molecule has 2 saturated carbocycles. The Morgan fingerprint density at radius 1 is 0.714 bits per heavy atom. The fourth-order valence-electron chi connectivity index (χ4n) is 6.05. The van der Waals surface area contributed by atoms with Crippen LogP contribution in [-0.2, 0) is 19.2 Å². The van der Waals surface area contributed by atoms with Crippen molar-refractivity contribution in [1.82, 2.24) is 0 Å². The highest BCUT2D eigenvalue weighted by molar-refractivity contribution is 5.91. The van der Waals surface area contributed by atoms with Crippen LogP contribution < -0.4 is 0 Å². The molecular formula is C20H30O8. The standard InChI is InChI=1S/C20H30O8/c1-3-5-7-19(17(25)26)13-9-11(15(21)22)12(16(23)24)10-14(13)20(19,18(27)28)8-6-4-2/h11-14H,3-10H2,1-2H3,(H,21,22)(H,23,24)(H,25,26)(H,27,28). The van der Waals surface area contributed by atoms with E-state index < -0.39 is 58.4 Å². The fourth-order valence-corrected chi connectivity index (χ4v) is 6.05. The van der Waals surface area contributed by atoms with Crippen molar-refractivity contribution >= 4 is 23.9 Å². The number of aliphatic carboxylic acids is 4. The first-order chi connectivity index (χ1) is 13.1. The highest BCUT2D eigenvalue weighted by atomic mass is 16.4. The molecule has 0 aliphatic heterocycles. The summed E-state index contributed by atoms with van der Waals surface area (Å²) in [4.78, 5) is 48.4. The first-order valence-corrected chi connectivity index (χ1v) is 10.0. The maximum absolute atomic E-state index is 12.5. The largest absolute Gasteiger partial charge is 0.481 e. The van der Waals surface area contributed by atoms with E-state index in [-0.39, 0.29) is 25.7 Å². The number of unbranched alkanes of at least 4 members (excludes halogenated alkanes) is 2. The second-order valence-corrected chi connectivity index (χ2v) is 8.33. The maximum atomic E-state index is 12.5. The topological polar surface area (TPSA) is 149 Å². The molecule has 158 valence electrons. The van der Waals surface area contributed by atoms with E-state index in [0.717, 1.165) is 0 Å². The smallest absolute Gasteiger partial charge is 0.311 e. The number of hydrogen-bond acceptors (Lipinski definition) is 4. The zero-order chi connectivity index (χ0) is 21.3. The van der Waals surface area contributed by atoms with Gasteiger partial charge in [0.1, 0.15) is 0 Å². The van der Waals surface area contributed by atoms with Gasteiger partial charge in [0.15, 0.2) is 0 Å². The molecule has 0 spiro atoms. The number of carboxylic acids is 4. The summed E-state index contributed by atoms with van der Waals surface area (Å²) in [6.45, 7) is 3.78.